The van der Waals surface area contributed by atoms with Gasteiger partial charge in [0, 0.05) is 12.5 Å². The van der Waals surface area contributed by atoms with Crippen molar-refractivity contribution in [2.24, 2.45) is 0 Å². The highest BCUT2D eigenvalue weighted by Crippen LogP contribution is 2.28. The minimum absolute atomic E-state index is 0.545. The number of carbonyl (C=O) groups is 1. The van der Waals surface area contributed by atoms with Crippen LogP contribution in [-0.2, 0) is 9.53 Å². The first-order valence-corrected chi connectivity index (χ1v) is 5.41. The monoisotopic (exact) mass is 258 g/mol. The van der Waals surface area contributed by atoms with Crippen LogP contribution in [0.3, 0.4) is 0 Å². The molecule has 0 aromatic rings. The van der Waals surface area contributed by atoms with Gasteiger partial charge in [0.05, 0.1) is 12.9 Å². The van der Waals surface area contributed by atoms with E-state index in [9.17, 15) is 4.79 Å². The fourth-order valence-electron chi connectivity index (χ4n) is 0.812. The van der Waals surface area contributed by atoms with E-state index >= 15 is 0 Å². The maximum absolute atomic E-state index is 11.2. The third-order valence-electron chi connectivity index (χ3n) is 1.61. The van der Waals surface area contributed by atoms with E-state index in [1.165, 1.54) is 13.2 Å². The van der Waals surface area contributed by atoms with E-state index in [0.29, 0.717) is 12.2 Å². The van der Waals surface area contributed by atoms with E-state index in [4.69, 9.17) is 39.5 Å². The first kappa shape index (κ1) is 14.1. The first-order chi connectivity index (χ1) is 6.41. The summed E-state index contributed by atoms with van der Waals surface area (Å²) in [5.74, 6) is -0.0290. The molecule has 0 saturated heterocycles. The zero-order chi connectivity index (χ0) is 11.2. The van der Waals surface area contributed by atoms with Gasteiger partial charge in [0.15, 0.2) is 0 Å². The molecule has 0 aromatic carbocycles. The highest BCUT2D eigenvalue weighted by Gasteiger charge is 2.28. The van der Waals surface area contributed by atoms with Gasteiger partial charge in [-0.3, -0.25) is 4.79 Å². The third-order valence-corrected chi connectivity index (χ3v) is 2.17. The van der Waals surface area contributed by atoms with Crippen LogP contribution < -0.4 is 0 Å². The van der Waals surface area contributed by atoms with Crippen LogP contribution in [0.4, 0.5) is 0 Å². The van der Waals surface area contributed by atoms with Crippen LogP contribution >= 0.6 is 34.8 Å². The van der Waals surface area contributed by atoms with Crippen molar-refractivity contribution in [3.05, 3.63) is 11.8 Å². The molecule has 0 amide bonds. The van der Waals surface area contributed by atoms with Crippen molar-refractivity contribution in [2.75, 3.05) is 7.11 Å². The molecular formula is C9H13Cl3O2. The van der Waals surface area contributed by atoms with Crippen molar-refractivity contribution < 1.29 is 9.53 Å². The van der Waals surface area contributed by atoms with Crippen LogP contribution in [0.25, 0.3) is 0 Å². The van der Waals surface area contributed by atoms with Gasteiger partial charge >= 0.3 is 0 Å². The van der Waals surface area contributed by atoms with E-state index < -0.39 is 9.58 Å². The van der Waals surface area contributed by atoms with Gasteiger partial charge in [0.2, 0.25) is 5.78 Å². The summed E-state index contributed by atoms with van der Waals surface area (Å²) < 4.78 is 3.09. The normalized spacial score (nSPS) is 12.8. The van der Waals surface area contributed by atoms with Crippen molar-refractivity contribution in [3.8, 4) is 0 Å². The Morgan fingerprint density at radius 3 is 2.36 bits per heavy atom. The van der Waals surface area contributed by atoms with Gasteiger partial charge in [-0.15, -0.1) is 0 Å². The maximum Gasteiger partial charge on any atom is 0.252 e. The van der Waals surface area contributed by atoms with E-state index in [1.54, 1.807) is 0 Å². The average molecular weight is 260 g/mol. The van der Waals surface area contributed by atoms with Gasteiger partial charge in [0.25, 0.3) is 3.79 Å². The third kappa shape index (κ3) is 5.74. The predicted octanol–water partition coefficient (Wildman–Crippen LogP) is 3.65. The van der Waals surface area contributed by atoms with Gasteiger partial charge in [-0.2, -0.15) is 0 Å². The fourth-order valence-corrected chi connectivity index (χ4v) is 0.976. The summed E-state index contributed by atoms with van der Waals surface area (Å²) in [6.45, 7) is 2.05. The molecule has 0 aromatic heterocycles. The highest BCUT2D eigenvalue weighted by atomic mass is 35.6. The topological polar surface area (TPSA) is 26.3 Å². The largest absolute Gasteiger partial charge is 0.501 e. The molecule has 0 spiro atoms. The number of alkyl halides is 3. The number of carbonyl (C=O) groups excluding carboxylic acids is 1. The molecule has 0 saturated carbocycles. The lowest BCUT2D eigenvalue weighted by Gasteiger charge is -2.08. The summed E-state index contributed by atoms with van der Waals surface area (Å²) >= 11 is 16.2. The van der Waals surface area contributed by atoms with Crippen LogP contribution in [0.2, 0.25) is 0 Å². The average Bonchev–Trinajstić information content (AvgIpc) is 2.10. The Bertz CT molecular complexity index is 219. The number of rotatable bonds is 5. The van der Waals surface area contributed by atoms with Crippen molar-refractivity contribution in [2.45, 2.75) is 30.0 Å². The molecule has 5 heteroatoms. The van der Waals surface area contributed by atoms with Gasteiger partial charge in [-0.1, -0.05) is 48.1 Å². The molecule has 0 heterocycles. The molecule has 0 aliphatic rings. The van der Waals surface area contributed by atoms with Crippen molar-refractivity contribution in [1.82, 2.24) is 0 Å². The van der Waals surface area contributed by atoms with E-state index in [1.807, 2.05) is 6.92 Å². The number of hydrogen-bond donors (Lipinski definition) is 0. The Morgan fingerprint density at radius 2 is 2.00 bits per heavy atom. The Labute approximate surface area is 99.2 Å². The number of halogens is 3. The van der Waals surface area contributed by atoms with Crippen LogP contribution in [0.15, 0.2) is 11.8 Å². The molecule has 2 nitrogen and oxygen atoms in total. The van der Waals surface area contributed by atoms with Gasteiger partial charge in [-0.05, 0) is 6.42 Å². The summed E-state index contributed by atoms with van der Waals surface area (Å²) in [4.78, 5) is 11.2. The Kier molecular flexibility index (Phi) is 6.58. The molecule has 82 valence electrons. The molecule has 0 bridgehead atoms. The molecule has 0 atom stereocenters. The molecule has 0 aliphatic heterocycles. The van der Waals surface area contributed by atoms with Crippen molar-refractivity contribution in [3.63, 3.8) is 0 Å². The predicted molar refractivity (Wildman–Crippen MR) is 59.9 cm³/mol. The van der Waals surface area contributed by atoms with Gasteiger partial charge < -0.3 is 4.74 Å². The Balaban J connectivity index is 4.36. The summed E-state index contributed by atoms with van der Waals surface area (Å²) in [7, 11) is 1.49. The zero-order valence-corrected chi connectivity index (χ0v) is 10.4. The second-order valence-electron chi connectivity index (χ2n) is 2.78. The number of unbranched alkanes of at least 4 members (excludes halogenated alkanes) is 1. The number of ether oxygens (including phenoxy) is 1. The SMILES string of the molecule is CCCC/C(=C/C(=O)C(Cl)(Cl)Cl)OC. The van der Waals surface area contributed by atoms with E-state index in [-0.39, 0.29) is 0 Å². The fraction of sp³-hybridized carbons (Fsp3) is 0.667. The van der Waals surface area contributed by atoms with Crippen molar-refractivity contribution in [1.29, 1.82) is 0 Å². The lowest BCUT2D eigenvalue weighted by Crippen LogP contribution is -2.16. The Hall–Kier alpha value is 0.0800. The highest BCUT2D eigenvalue weighted by molar-refractivity contribution is 6.77. The number of hydrogen-bond acceptors (Lipinski definition) is 2. The molecule has 0 N–H and O–H groups in total. The van der Waals surface area contributed by atoms with Crippen LogP contribution in [0.5, 0.6) is 0 Å². The van der Waals surface area contributed by atoms with E-state index in [0.717, 1.165) is 12.8 Å². The summed E-state index contributed by atoms with van der Waals surface area (Å²) in [6, 6.07) is 0. The standard InChI is InChI=1S/C9H13Cl3O2/c1-3-4-5-7(14-2)6-8(13)9(10,11)12/h6H,3-5H2,1-2H3/b7-6-. The van der Waals surface area contributed by atoms with Crippen LogP contribution in [0, 0.1) is 0 Å². The molecule has 14 heavy (non-hydrogen) atoms. The molecule has 0 radical (unpaired) electrons. The summed E-state index contributed by atoms with van der Waals surface area (Å²) in [5.41, 5.74) is 0. The summed E-state index contributed by atoms with van der Waals surface area (Å²) in [6.07, 6.45) is 3.87. The maximum atomic E-state index is 11.2. The number of methoxy groups -OCH3 is 1. The van der Waals surface area contributed by atoms with E-state index in [2.05, 4.69) is 0 Å². The van der Waals surface area contributed by atoms with Gasteiger partial charge in [-0.25, -0.2) is 0 Å². The lowest BCUT2D eigenvalue weighted by atomic mass is 10.2. The second kappa shape index (κ2) is 6.54. The smallest absolute Gasteiger partial charge is 0.252 e. The molecule has 0 rings (SSSR count). The van der Waals surface area contributed by atoms with Crippen molar-refractivity contribution >= 4 is 40.6 Å². The lowest BCUT2D eigenvalue weighted by molar-refractivity contribution is -0.114. The van der Waals surface area contributed by atoms with Crippen LogP contribution in [-0.4, -0.2) is 16.7 Å². The minimum atomic E-state index is -1.89. The Morgan fingerprint density at radius 1 is 1.43 bits per heavy atom. The number of allylic oxidation sites excluding steroid dienone is 2. The first-order valence-electron chi connectivity index (χ1n) is 4.27. The molecule has 0 unspecified atom stereocenters. The second-order valence-corrected chi connectivity index (χ2v) is 5.06. The van der Waals surface area contributed by atoms with Gasteiger partial charge in [0.1, 0.15) is 0 Å². The molecular weight excluding hydrogens is 246 g/mol. The quantitative estimate of drug-likeness (QED) is 0.428. The zero-order valence-electron chi connectivity index (χ0n) is 8.15. The molecule has 0 aliphatic carbocycles. The summed E-state index contributed by atoms with van der Waals surface area (Å²) in [5, 5.41) is 0. The minimum Gasteiger partial charge on any atom is -0.501 e. The number of ketones is 1. The van der Waals surface area contributed by atoms with Crippen LogP contribution in [0.1, 0.15) is 26.2 Å². The molecule has 0 fully saturated rings.